The van der Waals surface area contributed by atoms with Crippen LogP contribution in [-0.4, -0.2) is 5.78 Å². The van der Waals surface area contributed by atoms with Gasteiger partial charge in [-0.2, -0.15) is 0 Å². The van der Waals surface area contributed by atoms with Gasteiger partial charge in [0.15, 0.2) is 5.78 Å². The predicted molar refractivity (Wildman–Crippen MR) is 90.5 cm³/mol. The number of Topliss-reactive ketones (excluding diaryl/α,β-unsaturated/α-hetero) is 1. The Bertz CT molecular complexity index is 720. The molecule has 0 radical (unpaired) electrons. The van der Waals surface area contributed by atoms with Crippen molar-refractivity contribution in [2.45, 2.75) is 34.6 Å². The highest BCUT2D eigenvalue weighted by molar-refractivity contribution is 5.96. The zero-order valence-electron chi connectivity index (χ0n) is 13.4. The van der Waals surface area contributed by atoms with Gasteiger partial charge in [0, 0.05) is 5.56 Å². The maximum atomic E-state index is 11.5. The number of hydrogen-bond donors (Lipinski definition) is 0. The van der Waals surface area contributed by atoms with Gasteiger partial charge in [0.05, 0.1) is 0 Å². The van der Waals surface area contributed by atoms with Crippen LogP contribution < -0.4 is 0 Å². The number of benzene rings is 2. The highest BCUT2D eigenvalue weighted by atomic mass is 16.1. The lowest BCUT2D eigenvalue weighted by Gasteiger charge is -2.13. The van der Waals surface area contributed by atoms with E-state index in [9.17, 15) is 4.79 Å². The molecule has 0 aliphatic carbocycles. The Kier molecular flexibility index (Phi) is 4.42. The number of rotatable bonds is 3. The van der Waals surface area contributed by atoms with Crippen molar-refractivity contribution in [2.24, 2.45) is 0 Å². The summed E-state index contributed by atoms with van der Waals surface area (Å²) in [7, 11) is 0. The standard InChI is InChI=1S/C20H22O/c1-13-9-10-14(2)20(11-13)16(4)15(3)18-7-6-8-19(12-18)17(5)21/h6-12H,1-5H3/b16-15+. The third kappa shape index (κ3) is 3.30. The highest BCUT2D eigenvalue weighted by Gasteiger charge is 2.08. The molecule has 0 saturated heterocycles. The van der Waals surface area contributed by atoms with E-state index in [1.807, 2.05) is 18.2 Å². The maximum absolute atomic E-state index is 11.5. The number of aryl methyl sites for hydroxylation is 2. The second-order valence-electron chi connectivity index (χ2n) is 5.71. The normalized spacial score (nSPS) is 12.0. The van der Waals surface area contributed by atoms with Crippen molar-refractivity contribution < 1.29 is 4.79 Å². The summed E-state index contributed by atoms with van der Waals surface area (Å²) in [6.45, 7) is 10.1. The molecular weight excluding hydrogens is 256 g/mol. The third-order valence-electron chi connectivity index (χ3n) is 4.06. The average Bonchev–Trinajstić information content (AvgIpc) is 2.48. The van der Waals surface area contributed by atoms with E-state index in [0.29, 0.717) is 0 Å². The highest BCUT2D eigenvalue weighted by Crippen LogP contribution is 2.28. The predicted octanol–water partition coefficient (Wildman–Crippen LogP) is 5.46. The van der Waals surface area contributed by atoms with Gasteiger partial charge in [0.25, 0.3) is 0 Å². The Morgan fingerprint density at radius 3 is 2.14 bits per heavy atom. The van der Waals surface area contributed by atoms with Crippen molar-refractivity contribution in [3.63, 3.8) is 0 Å². The number of carbonyl (C=O) groups excluding carboxylic acids is 1. The number of carbonyl (C=O) groups is 1. The summed E-state index contributed by atoms with van der Waals surface area (Å²) in [6.07, 6.45) is 0. The molecule has 0 spiro atoms. The lowest BCUT2D eigenvalue weighted by molar-refractivity contribution is 0.101. The van der Waals surface area contributed by atoms with E-state index in [4.69, 9.17) is 0 Å². The molecule has 0 N–H and O–H groups in total. The van der Waals surface area contributed by atoms with E-state index in [1.165, 1.54) is 27.8 Å². The minimum Gasteiger partial charge on any atom is -0.295 e. The molecule has 0 aliphatic rings. The van der Waals surface area contributed by atoms with E-state index in [0.717, 1.165) is 11.1 Å². The van der Waals surface area contributed by atoms with E-state index in [2.05, 4.69) is 52.0 Å². The SMILES string of the molecule is CC(=O)c1cccc(/C(C)=C(\C)c2cc(C)ccc2C)c1. The third-order valence-corrected chi connectivity index (χ3v) is 4.06. The fourth-order valence-corrected chi connectivity index (χ4v) is 2.53. The summed E-state index contributed by atoms with van der Waals surface area (Å²) in [4.78, 5) is 11.5. The molecule has 2 aromatic carbocycles. The fourth-order valence-electron chi connectivity index (χ4n) is 2.53. The summed E-state index contributed by atoms with van der Waals surface area (Å²) in [6, 6.07) is 14.4. The molecule has 0 amide bonds. The number of ketones is 1. The van der Waals surface area contributed by atoms with E-state index >= 15 is 0 Å². The molecule has 1 heteroatoms. The second kappa shape index (κ2) is 6.09. The number of hydrogen-bond acceptors (Lipinski definition) is 1. The van der Waals surface area contributed by atoms with Crippen molar-refractivity contribution in [3.8, 4) is 0 Å². The average molecular weight is 278 g/mol. The second-order valence-corrected chi connectivity index (χ2v) is 5.71. The first-order valence-electron chi connectivity index (χ1n) is 7.26. The molecule has 2 rings (SSSR count). The van der Waals surface area contributed by atoms with Crippen LogP contribution in [0.5, 0.6) is 0 Å². The Hall–Kier alpha value is -2.15. The van der Waals surface area contributed by atoms with Gasteiger partial charge in [-0.05, 0) is 68.5 Å². The fraction of sp³-hybridized carbons (Fsp3) is 0.250. The molecule has 2 aromatic rings. The van der Waals surface area contributed by atoms with Crippen LogP contribution in [0.2, 0.25) is 0 Å². The van der Waals surface area contributed by atoms with Gasteiger partial charge in [-0.25, -0.2) is 0 Å². The van der Waals surface area contributed by atoms with Crippen LogP contribution in [0.15, 0.2) is 42.5 Å². The Morgan fingerprint density at radius 2 is 1.48 bits per heavy atom. The monoisotopic (exact) mass is 278 g/mol. The van der Waals surface area contributed by atoms with Crippen LogP contribution in [0.3, 0.4) is 0 Å². The maximum Gasteiger partial charge on any atom is 0.159 e. The van der Waals surface area contributed by atoms with Crippen LogP contribution >= 0.6 is 0 Å². The molecule has 0 saturated carbocycles. The quantitative estimate of drug-likeness (QED) is 0.538. The molecular formula is C20H22O. The summed E-state index contributed by atoms with van der Waals surface area (Å²) >= 11 is 0. The molecule has 0 heterocycles. The van der Waals surface area contributed by atoms with Crippen molar-refractivity contribution in [3.05, 3.63) is 70.3 Å². The largest absolute Gasteiger partial charge is 0.295 e. The lowest BCUT2D eigenvalue weighted by Crippen LogP contribution is -1.95. The minimum atomic E-state index is 0.106. The first kappa shape index (κ1) is 15.2. The zero-order chi connectivity index (χ0) is 15.6. The van der Waals surface area contributed by atoms with Crippen molar-refractivity contribution in [1.29, 1.82) is 0 Å². The van der Waals surface area contributed by atoms with Crippen LogP contribution in [0.1, 0.15) is 53.4 Å². The molecule has 21 heavy (non-hydrogen) atoms. The summed E-state index contributed by atoms with van der Waals surface area (Å²) < 4.78 is 0. The van der Waals surface area contributed by atoms with Crippen molar-refractivity contribution >= 4 is 16.9 Å². The smallest absolute Gasteiger partial charge is 0.159 e. The van der Waals surface area contributed by atoms with Gasteiger partial charge < -0.3 is 0 Å². The van der Waals surface area contributed by atoms with Gasteiger partial charge in [-0.1, -0.05) is 42.0 Å². The summed E-state index contributed by atoms with van der Waals surface area (Å²) in [5, 5.41) is 0. The summed E-state index contributed by atoms with van der Waals surface area (Å²) in [5.74, 6) is 0.106. The van der Waals surface area contributed by atoms with Crippen molar-refractivity contribution in [2.75, 3.05) is 0 Å². The Labute approximate surface area is 127 Å². The topological polar surface area (TPSA) is 17.1 Å². The minimum absolute atomic E-state index is 0.106. The zero-order valence-corrected chi connectivity index (χ0v) is 13.4. The molecule has 0 atom stereocenters. The van der Waals surface area contributed by atoms with E-state index in [1.54, 1.807) is 6.92 Å². The van der Waals surface area contributed by atoms with Gasteiger partial charge in [0.1, 0.15) is 0 Å². The molecule has 0 aliphatic heterocycles. The summed E-state index contributed by atoms with van der Waals surface area (Å²) in [5.41, 5.74) is 8.17. The molecule has 0 aromatic heterocycles. The molecule has 0 bridgehead atoms. The van der Waals surface area contributed by atoms with Gasteiger partial charge in [-0.3, -0.25) is 4.79 Å². The molecule has 1 nitrogen and oxygen atoms in total. The number of allylic oxidation sites excluding steroid dienone is 2. The molecule has 108 valence electrons. The van der Waals surface area contributed by atoms with Crippen molar-refractivity contribution in [1.82, 2.24) is 0 Å². The van der Waals surface area contributed by atoms with Gasteiger partial charge in [0.2, 0.25) is 0 Å². The van der Waals surface area contributed by atoms with Gasteiger partial charge in [-0.15, -0.1) is 0 Å². The van der Waals surface area contributed by atoms with E-state index < -0.39 is 0 Å². The molecule has 0 fully saturated rings. The van der Waals surface area contributed by atoms with Gasteiger partial charge >= 0.3 is 0 Å². The Morgan fingerprint density at radius 1 is 0.810 bits per heavy atom. The van der Waals surface area contributed by atoms with Crippen LogP contribution in [0.25, 0.3) is 11.1 Å². The Balaban J connectivity index is 2.54. The van der Waals surface area contributed by atoms with Crippen LogP contribution in [0, 0.1) is 13.8 Å². The van der Waals surface area contributed by atoms with Crippen LogP contribution in [0.4, 0.5) is 0 Å². The first-order valence-corrected chi connectivity index (χ1v) is 7.26. The molecule has 0 unspecified atom stereocenters. The lowest BCUT2D eigenvalue weighted by atomic mass is 9.92. The van der Waals surface area contributed by atoms with E-state index in [-0.39, 0.29) is 5.78 Å². The van der Waals surface area contributed by atoms with Crippen LogP contribution in [-0.2, 0) is 0 Å². The first-order chi connectivity index (χ1) is 9.90.